The average Bonchev–Trinajstić information content (AvgIpc) is 2.28. The molecule has 0 radical (unpaired) electrons. The van der Waals surface area contributed by atoms with Crippen molar-refractivity contribution in [3.63, 3.8) is 0 Å². The summed E-state index contributed by atoms with van der Waals surface area (Å²) in [5.74, 6) is 1.79. The molecule has 0 saturated carbocycles. The van der Waals surface area contributed by atoms with Gasteiger partial charge in [-0.1, -0.05) is 6.92 Å². The van der Waals surface area contributed by atoms with Crippen LogP contribution in [0.5, 0.6) is 11.8 Å². The lowest BCUT2D eigenvalue weighted by atomic mass is 10.2. The molecule has 0 spiro atoms. The zero-order valence-corrected chi connectivity index (χ0v) is 10.3. The summed E-state index contributed by atoms with van der Waals surface area (Å²) in [6.07, 6.45) is 0.751. The first kappa shape index (κ1) is 12.7. The molecule has 5 nitrogen and oxygen atoms in total. The molecule has 1 heterocycles. The molecule has 1 aromatic rings. The molecule has 0 amide bonds. The predicted octanol–water partition coefficient (Wildman–Crippen LogP) is 1.03. The van der Waals surface area contributed by atoms with Crippen LogP contribution in [0.1, 0.15) is 19.7 Å². The van der Waals surface area contributed by atoms with Gasteiger partial charge < -0.3 is 14.8 Å². The number of aromatic nitrogens is 2. The van der Waals surface area contributed by atoms with Crippen LogP contribution in [-0.4, -0.2) is 36.8 Å². The lowest BCUT2D eigenvalue weighted by Crippen LogP contribution is -2.28. The lowest BCUT2D eigenvalue weighted by Gasteiger charge is -2.12. The Labute approximate surface area is 96.2 Å². The van der Waals surface area contributed by atoms with Crippen molar-refractivity contribution in [2.24, 2.45) is 0 Å². The van der Waals surface area contributed by atoms with Crippen LogP contribution in [0.15, 0.2) is 6.07 Å². The summed E-state index contributed by atoms with van der Waals surface area (Å²) < 4.78 is 10.2. The van der Waals surface area contributed by atoms with E-state index >= 15 is 0 Å². The third-order valence-electron chi connectivity index (χ3n) is 2.19. The van der Waals surface area contributed by atoms with Gasteiger partial charge in [-0.15, -0.1) is 0 Å². The molecule has 0 fully saturated rings. The van der Waals surface area contributed by atoms with E-state index in [0.717, 1.165) is 18.8 Å². The molecular weight excluding hydrogens is 206 g/mol. The van der Waals surface area contributed by atoms with Gasteiger partial charge in [-0.25, -0.2) is 0 Å². The van der Waals surface area contributed by atoms with E-state index in [2.05, 4.69) is 29.1 Å². The predicted molar refractivity (Wildman–Crippen MR) is 62.0 cm³/mol. The van der Waals surface area contributed by atoms with Crippen LogP contribution in [-0.2, 0) is 6.42 Å². The number of likely N-dealkylation sites (N-methyl/N-ethyl adjacent to an activating group) is 1. The molecule has 90 valence electrons. The normalized spacial score (nSPS) is 12.2. The van der Waals surface area contributed by atoms with Crippen molar-refractivity contribution < 1.29 is 9.47 Å². The molecule has 16 heavy (non-hydrogen) atoms. The first-order valence-electron chi connectivity index (χ1n) is 5.39. The van der Waals surface area contributed by atoms with Crippen molar-refractivity contribution in [3.8, 4) is 11.8 Å². The van der Waals surface area contributed by atoms with Gasteiger partial charge in [-0.2, -0.15) is 9.97 Å². The topological polar surface area (TPSA) is 56.3 Å². The number of hydrogen-bond donors (Lipinski definition) is 1. The number of ether oxygens (including phenoxy) is 2. The second-order valence-corrected chi connectivity index (χ2v) is 3.53. The molecule has 0 aromatic carbocycles. The van der Waals surface area contributed by atoms with Crippen molar-refractivity contribution in [1.29, 1.82) is 0 Å². The molecule has 0 bridgehead atoms. The van der Waals surface area contributed by atoms with Crippen molar-refractivity contribution in [2.45, 2.75) is 26.3 Å². The van der Waals surface area contributed by atoms with Gasteiger partial charge in [0.15, 0.2) is 0 Å². The van der Waals surface area contributed by atoms with Gasteiger partial charge in [0.05, 0.1) is 20.3 Å². The maximum Gasteiger partial charge on any atom is 0.220 e. The van der Waals surface area contributed by atoms with Crippen LogP contribution in [0.2, 0.25) is 0 Å². The lowest BCUT2D eigenvalue weighted by molar-refractivity contribution is 0.366. The van der Waals surface area contributed by atoms with Gasteiger partial charge in [-0.05, 0) is 13.5 Å². The molecule has 0 aliphatic rings. The van der Waals surface area contributed by atoms with E-state index < -0.39 is 0 Å². The van der Waals surface area contributed by atoms with Crippen LogP contribution in [0, 0.1) is 0 Å². The summed E-state index contributed by atoms with van der Waals surface area (Å²) >= 11 is 0. The van der Waals surface area contributed by atoms with Gasteiger partial charge >= 0.3 is 0 Å². The molecule has 1 aromatic heterocycles. The van der Waals surface area contributed by atoms with Crippen LogP contribution in [0.4, 0.5) is 0 Å². The van der Waals surface area contributed by atoms with Crippen molar-refractivity contribution in [1.82, 2.24) is 15.3 Å². The third-order valence-corrected chi connectivity index (χ3v) is 2.19. The fourth-order valence-electron chi connectivity index (χ4n) is 1.44. The average molecular weight is 225 g/mol. The summed E-state index contributed by atoms with van der Waals surface area (Å²) in [5, 5.41) is 3.31. The Morgan fingerprint density at radius 2 is 1.81 bits per heavy atom. The Bertz CT molecular complexity index is 309. The van der Waals surface area contributed by atoms with Gasteiger partial charge in [0.2, 0.25) is 11.8 Å². The largest absolute Gasteiger partial charge is 0.481 e. The van der Waals surface area contributed by atoms with Gasteiger partial charge in [0.1, 0.15) is 5.82 Å². The van der Waals surface area contributed by atoms with Gasteiger partial charge in [-0.3, -0.25) is 0 Å². The van der Waals surface area contributed by atoms with E-state index in [0.29, 0.717) is 17.8 Å². The van der Waals surface area contributed by atoms with E-state index in [1.807, 2.05) is 0 Å². The zero-order chi connectivity index (χ0) is 12.0. The fraction of sp³-hybridized carbons (Fsp3) is 0.636. The number of rotatable bonds is 6. The summed E-state index contributed by atoms with van der Waals surface area (Å²) in [7, 11) is 3.17. The molecule has 1 N–H and O–H groups in total. The molecule has 0 aliphatic carbocycles. The van der Waals surface area contributed by atoms with Crippen molar-refractivity contribution in [2.75, 3.05) is 20.8 Å². The summed E-state index contributed by atoms with van der Waals surface area (Å²) in [5.41, 5.74) is 0. The van der Waals surface area contributed by atoms with Gasteiger partial charge in [0, 0.05) is 12.5 Å². The molecule has 1 atom stereocenters. The summed E-state index contributed by atoms with van der Waals surface area (Å²) in [4.78, 5) is 8.54. The standard InChI is InChI=1S/C11H19N3O2/c1-5-12-8(2)6-9-13-10(15-3)7-11(14-9)16-4/h7-8,12H,5-6H2,1-4H3. The summed E-state index contributed by atoms with van der Waals surface area (Å²) in [6.45, 7) is 5.10. The second-order valence-electron chi connectivity index (χ2n) is 3.53. The molecular formula is C11H19N3O2. The van der Waals surface area contributed by atoms with Crippen LogP contribution in [0.3, 0.4) is 0 Å². The molecule has 1 unspecified atom stereocenters. The van der Waals surface area contributed by atoms with Crippen molar-refractivity contribution >= 4 is 0 Å². The number of hydrogen-bond acceptors (Lipinski definition) is 5. The molecule has 1 rings (SSSR count). The Morgan fingerprint density at radius 1 is 1.25 bits per heavy atom. The highest BCUT2D eigenvalue weighted by atomic mass is 16.5. The minimum Gasteiger partial charge on any atom is -0.481 e. The Balaban J connectivity index is 2.78. The number of nitrogens with one attached hydrogen (secondary N) is 1. The first-order chi connectivity index (χ1) is 7.69. The first-order valence-corrected chi connectivity index (χ1v) is 5.39. The Hall–Kier alpha value is -1.36. The zero-order valence-electron chi connectivity index (χ0n) is 10.3. The van der Waals surface area contributed by atoms with E-state index in [-0.39, 0.29) is 0 Å². The van der Waals surface area contributed by atoms with Gasteiger partial charge in [0.25, 0.3) is 0 Å². The highest BCUT2D eigenvalue weighted by Crippen LogP contribution is 2.15. The van der Waals surface area contributed by atoms with E-state index in [1.54, 1.807) is 20.3 Å². The second kappa shape index (κ2) is 6.27. The number of nitrogens with zero attached hydrogens (tertiary/aromatic N) is 2. The number of methoxy groups -OCH3 is 2. The smallest absolute Gasteiger partial charge is 0.220 e. The minimum atomic E-state index is 0.335. The highest BCUT2D eigenvalue weighted by Gasteiger charge is 2.08. The van der Waals surface area contributed by atoms with Crippen molar-refractivity contribution in [3.05, 3.63) is 11.9 Å². The quantitative estimate of drug-likeness (QED) is 0.783. The Morgan fingerprint density at radius 3 is 2.25 bits per heavy atom. The SMILES string of the molecule is CCNC(C)Cc1nc(OC)cc(OC)n1. The van der Waals surface area contributed by atoms with Crippen LogP contribution < -0.4 is 14.8 Å². The van der Waals surface area contributed by atoms with E-state index in [1.165, 1.54) is 0 Å². The summed E-state index contributed by atoms with van der Waals surface area (Å²) in [6, 6.07) is 2.00. The van der Waals surface area contributed by atoms with E-state index in [9.17, 15) is 0 Å². The van der Waals surface area contributed by atoms with Crippen LogP contribution >= 0.6 is 0 Å². The maximum absolute atomic E-state index is 5.09. The van der Waals surface area contributed by atoms with E-state index in [4.69, 9.17) is 9.47 Å². The Kier molecular flexibility index (Phi) is 4.98. The maximum atomic E-state index is 5.09. The molecule has 0 saturated heterocycles. The fourth-order valence-corrected chi connectivity index (χ4v) is 1.44. The molecule has 5 heteroatoms. The monoisotopic (exact) mass is 225 g/mol. The van der Waals surface area contributed by atoms with Crippen LogP contribution in [0.25, 0.3) is 0 Å². The molecule has 0 aliphatic heterocycles. The minimum absolute atomic E-state index is 0.335. The third kappa shape index (κ3) is 3.66. The highest BCUT2D eigenvalue weighted by molar-refractivity contribution is 5.21.